The fourth-order valence-electron chi connectivity index (χ4n) is 1.86. The maximum atomic E-state index is 5.92. The van der Waals surface area contributed by atoms with Crippen LogP contribution in [0.5, 0.6) is 17.2 Å². The van der Waals surface area contributed by atoms with Crippen LogP contribution in [0.4, 0.5) is 5.69 Å². The van der Waals surface area contributed by atoms with Crippen molar-refractivity contribution >= 4 is 5.69 Å². The lowest BCUT2D eigenvalue weighted by Crippen LogP contribution is -1.95. The first-order valence-electron chi connectivity index (χ1n) is 6.35. The van der Waals surface area contributed by atoms with Crippen LogP contribution >= 0.6 is 0 Å². The van der Waals surface area contributed by atoms with Crippen LogP contribution in [-0.2, 0) is 6.42 Å². The normalized spacial score (nSPS) is 10.3. The van der Waals surface area contributed by atoms with E-state index in [1.165, 1.54) is 5.56 Å². The van der Waals surface area contributed by atoms with Crippen molar-refractivity contribution in [1.82, 2.24) is 0 Å². The van der Waals surface area contributed by atoms with Gasteiger partial charge in [-0.1, -0.05) is 19.1 Å². The SMILES string of the molecule is CCc1ccc(Oc2cc(C)ccc2N)c(OC)c1. The number of ether oxygens (including phenoxy) is 2. The summed E-state index contributed by atoms with van der Waals surface area (Å²) in [5.41, 5.74) is 8.85. The summed E-state index contributed by atoms with van der Waals surface area (Å²) in [4.78, 5) is 0. The molecule has 0 aliphatic heterocycles. The van der Waals surface area contributed by atoms with Crippen LogP contribution in [-0.4, -0.2) is 7.11 Å². The highest BCUT2D eigenvalue weighted by molar-refractivity contribution is 5.56. The van der Waals surface area contributed by atoms with Gasteiger partial charge in [0.2, 0.25) is 0 Å². The molecule has 0 saturated carbocycles. The molecule has 0 spiro atoms. The van der Waals surface area contributed by atoms with E-state index in [-0.39, 0.29) is 0 Å². The van der Waals surface area contributed by atoms with Crippen LogP contribution in [0, 0.1) is 6.92 Å². The molecule has 0 fully saturated rings. The third-order valence-corrected chi connectivity index (χ3v) is 3.03. The Morgan fingerprint density at radius 2 is 1.79 bits per heavy atom. The monoisotopic (exact) mass is 257 g/mol. The molecule has 0 unspecified atom stereocenters. The standard InChI is InChI=1S/C16H19NO2/c1-4-12-6-8-14(16(10-12)18-3)19-15-9-11(2)5-7-13(15)17/h5-10H,4,17H2,1-3H3. The number of benzene rings is 2. The fourth-order valence-corrected chi connectivity index (χ4v) is 1.86. The van der Waals surface area contributed by atoms with E-state index in [0.717, 1.165) is 17.7 Å². The van der Waals surface area contributed by atoms with Gasteiger partial charge >= 0.3 is 0 Å². The molecule has 0 saturated heterocycles. The van der Waals surface area contributed by atoms with Crippen LogP contribution in [0.1, 0.15) is 18.1 Å². The molecule has 0 aromatic heterocycles. The topological polar surface area (TPSA) is 44.5 Å². The van der Waals surface area contributed by atoms with Crippen molar-refractivity contribution in [3.05, 3.63) is 47.5 Å². The number of nitrogen functional groups attached to an aromatic ring is 1. The molecule has 0 atom stereocenters. The van der Waals surface area contributed by atoms with Crippen LogP contribution in [0.3, 0.4) is 0 Å². The van der Waals surface area contributed by atoms with Crippen LogP contribution in [0.2, 0.25) is 0 Å². The predicted octanol–water partition coefficient (Wildman–Crippen LogP) is 3.94. The zero-order chi connectivity index (χ0) is 13.8. The van der Waals surface area contributed by atoms with E-state index in [1.807, 2.05) is 43.3 Å². The lowest BCUT2D eigenvalue weighted by molar-refractivity contribution is 0.379. The Bertz CT molecular complexity index is 579. The maximum Gasteiger partial charge on any atom is 0.169 e. The van der Waals surface area contributed by atoms with Gasteiger partial charge in [-0.2, -0.15) is 0 Å². The third-order valence-electron chi connectivity index (χ3n) is 3.03. The number of anilines is 1. The summed E-state index contributed by atoms with van der Waals surface area (Å²) in [7, 11) is 1.64. The summed E-state index contributed by atoms with van der Waals surface area (Å²) in [6.07, 6.45) is 0.962. The van der Waals surface area contributed by atoms with E-state index in [1.54, 1.807) is 7.11 Å². The summed E-state index contributed by atoms with van der Waals surface area (Å²) >= 11 is 0. The summed E-state index contributed by atoms with van der Waals surface area (Å²) in [6.45, 7) is 4.11. The van der Waals surface area contributed by atoms with Crippen molar-refractivity contribution in [3.63, 3.8) is 0 Å². The average Bonchev–Trinajstić information content (AvgIpc) is 2.43. The summed E-state index contributed by atoms with van der Waals surface area (Å²) in [5, 5.41) is 0. The zero-order valence-corrected chi connectivity index (χ0v) is 11.6. The minimum atomic E-state index is 0.618. The quantitative estimate of drug-likeness (QED) is 0.844. The van der Waals surface area contributed by atoms with Gasteiger partial charge in [0.1, 0.15) is 0 Å². The van der Waals surface area contributed by atoms with Crippen LogP contribution in [0.15, 0.2) is 36.4 Å². The Morgan fingerprint density at radius 3 is 2.47 bits per heavy atom. The Balaban J connectivity index is 2.35. The summed E-state index contributed by atoms with van der Waals surface area (Å²) in [6, 6.07) is 11.7. The molecule has 3 nitrogen and oxygen atoms in total. The molecule has 0 aliphatic carbocycles. The van der Waals surface area contributed by atoms with Gasteiger partial charge in [0.05, 0.1) is 12.8 Å². The fraction of sp³-hybridized carbons (Fsp3) is 0.250. The number of hydrogen-bond acceptors (Lipinski definition) is 3. The lowest BCUT2D eigenvalue weighted by atomic mass is 10.1. The van der Waals surface area contributed by atoms with E-state index in [0.29, 0.717) is 17.2 Å². The highest BCUT2D eigenvalue weighted by Crippen LogP contribution is 2.35. The maximum absolute atomic E-state index is 5.92. The molecular formula is C16H19NO2. The summed E-state index contributed by atoms with van der Waals surface area (Å²) < 4.78 is 11.2. The number of nitrogens with two attached hydrogens (primary N) is 1. The Morgan fingerprint density at radius 1 is 1.00 bits per heavy atom. The first-order chi connectivity index (χ1) is 9.13. The van der Waals surface area contributed by atoms with E-state index in [9.17, 15) is 0 Å². The second-order valence-corrected chi connectivity index (χ2v) is 4.48. The van der Waals surface area contributed by atoms with Gasteiger partial charge in [-0.05, 0) is 48.7 Å². The van der Waals surface area contributed by atoms with Crippen molar-refractivity contribution in [1.29, 1.82) is 0 Å². The minimum Gasteiger partial charge on any atom is -0.493 e. The van der Waals surface area contributed by atoms with Gasteiger partial charge in [-0.15, -0.1) is 0 Å². The van der Waals surface area contributed by atoms with Gasteiger partial charge in [0, 0.05) is 0 Å². The number of hydrogen-bond donors (Lipinski definition) is 1. The lowest BCUT2D eigenvalue weighted by Gasteiger charge is -2.13. The number of methoxy groups -OCH3 is 1. The van der Waals surface area contributed by atoms with Crippen molar-refractivity contribution in [2.75, 3.05) is 12.8 Å². The number of aryl methyl sites for hydroxylation is 2. The largest absolute Gasteiger partial charge is 0.493 e. The Hall–Kier alpha value is -2.16. The molecule has 3 heteroatoms. The van der Waals surface area contributed by atoms with Crippen molar-refractivity contribution in [2.45, 2.75) is 20.3 Å². The van der Waals surface area contributed by atoms with Gasteiger partial charge < -0.3 is 15.2 Å². The van der Waals surface area contributed by atoms with Crippen molar-refractivity contribution in [2.24, 2.45) is 0 Å². The van der Waals surface area contributed by atoms with Crippen molar-refractivity contribution in [3.8, 4) is 17.2 Å². The first kappa shape index (κ1) is 13.3. The predicted molar refractivity (Wildman–Crippen MR) is 78.0 cm³/mol. The minimum absolute atomic E-state index is 0.618. The molecule has 0 aliphatic rings. The van der Waals surface area contributed by atoms with E-state index >= 15 is 0 Å². The molecule has 0 heterocycles. The van der Waals surface area contributed by atoms with E-state index in [2.05, 4.69) is 6.92 Å². The Kier molecular flexibility index (Phi) is 3.95. The van der Waals surface area contributed by atoms with Gasteiger partial charge in [0.25, 0.3) is 0 Å². The van der Waals surface area contributed by atoms with E-state index < -0.39 is 0 Å². The number of rotatable bonds is 4. The van der Waals surface area contributed by atoms with Crippen LogP contribution in [0.25, 0.3) is 0 Å². The molecule has 0 amide bonds. The molecule has 100 valence electrons. The van der Waals surface area contributed by atoms with Gasteiger partial charge in [0.15, 0.2) is 17.2 Å². The molecule has 2 aromatic rings. The molecule has 2 N–H and O–H groups in total. The summed E-state index contributed by atoms with van der Waals surface area (Å²) in [5.74, 6) is 2.06. The average molecular weight is 257 g/mol. The second-order valence-electron chi connectivity index (χ2n) is 4.48. The van der Waals surface area contributed by atoms with E-state index in [4.69, 9.17) is 15.2 Å². The van der Waals surface area contributed by atoms with Gasteiger partial charge in [-0.25, -0.2) is 0 Å². The highest BCUT2D eigenvalue weighted by atomic mass is 16.5. The Labute approximate surface area is 114 Å². The molecule has 19 heavy (non-hydrogen) atoms. The highest BCUT2D eigenvalue weighted by Gasteiger charge is 2.08. The van der Waals surface area contributed by atoms with Crippen LogP contribution < -0.4 is 15.2 Å². The zero-order valence-electron chi connectivity index (χ0n) is 11.6. The molecule has 0 bridgehead atoms. The third kappa shape index (κ3) is 2.99. The molecule has 2 rings (SSSR count). The van der Waals surface area contributed by atoms with Crippen molar-refractivity contribution < 1.29 is 9.47 Å². The second kappa shape index (κ2) is 5.65. The first-order valence-corrected chi connectivity index (χ1v) is 6.35. The smallest absolute Gasteiger partial charge is 0.169 e. The molecule has 2 aromatic carbocycles. The molecular weight excluding hydrogens is 238 g/mol. The van der Waals surface area contributed by atoms with Gasteiger partial charge in [-0.3, -0.25) is 0 Å². The molecule has 0 radical (unpaired) electrons.